The Bertz CT molecular complexity index is 1600. The van der Waals surface area contributed by atoms with Gasteiger partial charge in [-0.25, -0.2) is 12.8 Å². The molecule has 1 aliphatic carbocycles. The van der Waals surface area contributed by atoms with Crippen molar-refractivity contribution in [3.8, 4) is 0 Å². The van der Waals surface area contributed by atoms with Crippen molar-refractivity contribution >= 4 is 44.8 Å². The number of sulfonamides is 1. The SMILES string of the molecule is C=CC[C@@]1(C)C[C@H](c2cccc(Cl)c2)C(c2ccc(Cl)cc2)N([C@H](CN(c2ccccc2F)S(=O)(=O)CC)C2CC2)C1=O. The minimum Gasteiger partial charge on any atom is -0.329 e. The van der Waals surface area contributed by atoms with Crippen LogP contribution in [0.15, 0.2) is 85.5 Å². The fourth-order valence-electron chi connectivity index (χ4n) is 6.54. The van der Waals surface area contributed by atoms with Crippen LogP contribution in [-0.4, -0.2) is 37.6 Å². The Morgan fingerprint density at radius 1 is 1.05 bits per heavy atom. The van der Waals surface area contributed by atoms with Crippen LogP contribution in [0.5, 0.6) is 0 Å². The van der Waals surface area contributed by atoms with Crippen molar-refractivity contribution in [2.45, 2.75) is 57.5 Å². The molecule has 2 fully saturated rings. The fourth-order valence-corrected chi connectivity index (χ4v) is 8.00. The summed E-state index contributed by atoms with van der Waals surface area (Å²) in [6.45, 7) is 7.41. The molecule has 3 aromatic rings. The third-order valence-electron chi connectivity index (χ3n) is 8.88. The van der Waals surface area contributed by atoms with Gasteiger partial charge < -0.3 is 4.90 Å². The lowest BCUT2D eigenvalue weighted by Crippen LogP contribution is -2.59. The van der Waals surface area contributed by atoms with Crippen LogP contribution >= 0.6 is 23.2 Å². The second-order valence-corrected chi connectivity index (χ2v) is 15.0. The molecule has 0 bridgehead atoms. The third-order valence-corrected chi connectivity index (χ3v) is 11.1. The van der Waals surface area contributed by atoms with E-state index in [2.05, 4.69) is 6.58 Å². The summed E-state index contributed by atoms with van der Waals surface area (Å²) < 4.78 is 43.5. The molecule has 1 unspecified atom stereocenters. The molecule has 43 heavy (non-hydrogen) atoms. The van der Waals surface area contributed by atoms with Crippen LogP contribution in [0.2, 0.25) is 10.0 Å². The van der Waals surface area contributed by atoms with E-state index >= 15 is 4.39 Å². The van der Waals surface area contributed by atoms with Gasteiger partial charge in [0, 0.05) is 16.0 Å². The third kappa shape index (κ3) is 6.50. The van der Waals surface area contributed by atoms with Crippen molar-refractivity contribution in [3.05, 3.63) is 112 Å². The van der Waals surface area contributed by atoms with Gasteiger partial charge in [0.1, 0.15) is 5.82 Å². The predicted molar refractivity (Wildman–Crippen MR) is 172 cm³/mol. The van der Waals surface area contributed by atoms with Gasteiger partial charge in [-0.15, -0.1) is 6.58 Å². The maximum absolute atomic E-state index is 15.2. The lowest BCUT2D eigenvalue weighted by Gasteiger charge is -2.53. The number of carbonyl (C=O) groups excluding carboxylic acids is 1. The first-order chi connectivity index (χ1) is 20.5. The van der Waals surface area contributed by atoms with E-state index in [4.69, 9.17) is 23.2 Å². The normalized spacial score (nSPS) is 23.2. The number of para-hydroxylation sites is 1. The molecule has 228 valence electrons. The molecule has 5 nitrogen and oxygen atoms in total. The molecule has 1 amide bonds. The average Bonchev–Trinajstić information content (AvgIpc) is 3.82. The Morgan fingerprint density at radius 2 is 1.74 bits per heavy atom. The number of halogens is 3. The Labute approximate surface area is 264 Å². The van der Waals surface area contributed by atoms with Gasteiger partial charge in [0.05, 0.1) is 35.5 Å². The van der Waals surface area contributed by atoms with Crippen molar-refractivity contribution in [3.63, 3.8) is 0 Å². The minimum atomic E-state index is -3.89. The monoisotopic (exact) mass is 642 g/mol. The molecule has 1 saturated carbocycles. The number of hydrogen-bond acceptors (Lipinski definition) is 3. The molecule has 3 aromatic carbocycles. The summed E-state index contributed by atoms with van der Waals surface area (Å²) in [5.74, 6) is -0.988. The summed E-state index contributed by atoms with van der Waals surface area (Å²) >= 11 is 12.8. The minimum absolute atomic E-state index is 0.0113. The van der Waals surface area contributed by atoms with Gasteiger partial charge in [-0.2, -0.15) is 0 Å². The zero-order chi connectivity index (χ0) is 30.9. The summed E-state index contributed by atoms with van der Waals surface area (Å²) in [7, 11) is -3.89. The quantitative estimate of drug-likeness (QED) is 0.197. The van der Waals surface area contributed by atoms with Crippen LogP contribution in [0.25, 0.3) is 0 Å². The summed E-state index contributed by atoms with van der Waals surface area (Å²) in [6, 6.07) is 20.2. The number of benzene rings is 3. The van der Waals surface area contributed by atoms with Crippen LogP contribution < -0.4 is 4.31 Å². The zero-order valence-electron chi connectivity index (χ0n) is 24.4. The highest BCUT2D eigenvalue weighted by Gasteiger charge is 2.54. The number of allylic oxidation sites excluding steroid dienone is 1. The van der Waals surface area contributed by atoms with E-state index in [0.29, 0.717) is 22.9 Å². The van der Waals surface area contributed by atoms with E-state index < -0.39 is 33.3 Å². The van der Waals surface area contributed by atoms with Gasteiger partial charge in [0.15, 0.2) is 0 Å². The number of likely N-dealkylation sites (tertiary alicyclic amines) is 1. The maximum atomic E-state index is 15.2. The second kappa shape index (κ2) is 12.6. The average molecular weight is 644 g/mol. The van der Waals surface area contributed by atoms with Crippen LogP contribution in [-0.2, 0) is 14.8 Å². The highest BCUT2D eigenvalue weighted by atomic mass is 35.5. The molecule has 2 aliphatic rings. The molecule has 1 saturated heterocycles. The van der Waals surface area contributed by atoms with Gasteiger partial charge in [-0.3, -0.25) is 9.10 Å². The van der Waals surface area contributed by atoms with Crippen LogP contribution in [0, 0.1) is 17.2 Å². The van der Waals surface area contributed by atoms with Crippen molar-refractivity contribution < 1.29 is 17.6 Å². The summed E-state index contributed by atoms with van der Waals surface area (Å²) in [5.41, 5.74) is 1.08. The molecular formula is C34H37Cl2FN2O3S. The Balaban J connectivity index is 1.71. The number of amides is 1. The molecule has 1 aliphatic heterocycles. The van der Waals surface area contributed by atoms with Crippen LogP contribution in [0.1, 0.15) is 62.6 Å². The number of hydrogen-bond donors (Lipinski definition) is 0. The molecular weight excluding hydrogens is 606 g/mol. The molecule has 0 radical (unpaired) electrons. The molecule has 5 rings (SSSR count). The first kappa shape index (κ1) is 31.6. The highest BCUT2D eigenvalue weighted by molar-refractivity contribution is 7.92. The van der Waals surface area contributed by atoms with Gasteiger partial charge in [0.2, 0.25) is 15.9 Å². The van der Waals surface area contributed by atoms with Gasteiger partial charge in [-0.1, -0.05) is 72.6 Å². The van der Waals surface area contributed by atoms with Gasteiger partial charge in [0.25, 0.3) is 0 Å². The molecule has 9 heteroatoms. The Kier molecular flexibility index (Phi) is 9.26. The number of carbonyl (C=O) groups is 1. The van der Waals surface area contributed by atoms with E-state index in [1.165, 1.54) is 22.5 Å². The van der Waals surface area contributed by atoms with Crippen LogP contribution in [0.4, 0.5) is 10.1 Å². The number of rotatable bonds is 11. The predicted octanol–water partition coefficient (Wildman–Crippen LogP) is 8.41. The molecule has 4 atom stereocenters. The van der Waals surface area contributed by atoms with E-state index in [1.54, 1.807) is 19.1 Å². The second-order valence-electron chi connectivity index (χ2n) is 11.9. The first-order valence-electron chi connectivity index (χ1n) is 14.7. The summed E-state index contributed by atoms with van der Waals surface area (Å²) in [5, 5.41) is 1.17. The van der Waals surface area contributed by atoms with Crippen molar-refractivity contribution in [2.24, 2.45) is 11.3 Å². The largest absolute Gasteiger partial charge is 0.329 e. The van der Waals surface area contributed by atoms with Gasteiger partial charge >= 0.3 is 0 Å². The fraction of sp³-hybridized carbons (Fsp3) is 0.382. The van der Waals surface area contributed by atoms with Crippen LogP contribution in [0.3, 0.4) is 0 Å². The lowest BCUT2D eigenvalue weighted by atomic mass is 9.67. The molecule has 1 heterocycles. The molecule has 0 aromatic heterocycles. The number of nitrogens with zero attached hydrogens (tertiary/aromatic N) is 2. The lowest BCUT2D eigenvalue weighted by molar-refractivity contribution is -0.154. The van der Waals surface area contributed by atoms with Crippen molar-refractivity contribution in [2.75, 3.05) is 16.6 Å². The molecule has 0 N–H and O–H groups in total. The van der Waals surface area contributed by atoms with Crippen molar-refractivity contribution in [1.29, 1.82) is 0 Å². The number of anilines is 1. The van der Waals surface area contributed by atoms with E-state index in [0.717, 1.165) is 24.0 Å². The standard InChI is InChI=1S/C34H37Cl2FN2O3S/c1-4-19-34(3)21-28(25-9-8-10-27(36)20-25)32(24-15-17-26(35)18-16-24)39(33(34)40)31(23-13-14-23)22-38(43(41,42)5-2)30-12-7-6-11-29(30)37/h4,6-12,15-18,20,23,28,31-32H,1,5,13-14,19,21-22H2,2-3H3/t28-,31-,32?,34+/m1/s1. The van der Waals surface area contributed by atoms with E-state index in [1.807, 2.05) is 60.4 Å². The Morgan fingerprint density at radius 3 is 2.35 bits per heavy atom. The summed E-state index contributed by atoms with van der Waals surface area (Å²) in [6.07, 6.45) is 4.46. The smallest absolute Gasteiger partial charge is 0.235 e. The zero-order valence-corrected chi connectivity index (χ0v) is 26.8. The first-order valence-corrected chi connectivity index (χ1v) is 17.0. The molecule has 0 spiro atoms. The number of piperidine rings is 1. The maximum Gasteiger partial charge on any atom is 0.235 e. The highest BCUT2D eigenvalue weighted by Crippen LogP contribution is 2.54. The van der Waals surface area contributed by atoms with E-state index in [9.17, 15) is 13.2 Å². The summed E-state index contributed by atoms with van der Waals surface area (Å²) in [4.78, 5) is 16.7. The topological polar surface area (TPSA) is 57.7 Å². The van der Waals surface area contributed by atoms with Gasteiger partial charge in [-0.05, 0) is 86.1 Å². The Hall–Kier alpha value is -2.87. The van der Waals surface area contributed by atoms with E-state index in [-0.39, 0.29) is 35.7 Å². The van der Waals surface area contributed by atoms with Crippen molar-refractivity contribution in [1.82, 2.24) is 4.90 Å².